The van der Waals surface area contributed by atoms with Gasteiger partial charge in [0.15, 0.2) is 0 Å². The van der Waals surface area contributed by atoms with Crippen LogP contribution in [0.1, 0.15) is 38.8 Å². The zero-order valence-corrected chi connectivity index (χ0v) is 12.4. The Morgan fingerprint density at radius 2 is 2.12 bits per heavy atom. The molecule has 1 unspecified atom stereocenters. The van der Waals surface area contributed by atoms with Crippen molar-refractivity contribution >= 4 is 22.9 Å². The van der Waals surface area contributed by atoms with Crippen LogP contribution in [0.4, 0.5) is 0 Å². The lowest BCUT2D eigenvalue weighted by molar-refractivity contribution is 0.123. The molecule has 0 bridgehead atoms. The van der Waals surface area contributed by atoms with Crippen molar-refractivity contribution in [3.05, 3.63) is 21.3 Å². The second kappa shape index (κ2) is 8.09. The van der Waals surface area contributed by atoms with Gasteiger partial charge in [-0.2, -0.15) is 0 Å². The monoisotopic (exact) mass is 275 g/mol. The molecule has 0 radical (unpaired) electrons. The second-order valence-corrected chi connectivity index (χ2v) is 6.20. The molecule has 17 heavy (non-hydrogen) atoms. The number of nitrogens with one attached hydrogen (secondary N) is 1. The van der Waals surface area contributed by atoms with Gasteiger partial charge in [-0.25, -0.2) is 0 Å². The number of rotatable bonds is 8. The molecule has 0 spiro atoms. The van der Waals surface area contributed by atoms with E-state index in [2.05, 4.69) is 31.5 Å². The number of hydrogen-bond donors (Lipinski definition) is 1. The molecule has 1 N–H and O–H groups in total. The van der Waals surface area contributed by atoms with Crippen molar-refractivity contribution in [3.63, 3.8) is 0 Å². The van der Waals surface area contributed by atoms with Crippen molar-refractivity contribution < 1.29 is 4.74 Å². The lowest BCUT2D eigenvalue weighted by Gasteiger charge is -2.12. The highest BCUT2D eigenvalue weighted by Gasteiger charge is 2.06. The van der Waals surface area contributed by atoms with Gasteiger partial charge in [0.2, 0.25) is 0 Å². The average Bonchev–Trinajstić information content (AvgIpc) is 2.69. The topological polar surface area (TPSA) is 21.3 Å². The molecule has 1 rings (SSSR count). The fraction of sp³-hybridized carbons (Fsp3) is 0.692. The first-order valence-corrected chi connectivity index (χ1v) is 7.40. The van der Waals surface area contributed by atoms with Crippen molar-refractivity contribution in [2.45, 2.75) is 33.2 Å². The molecule has 0 aromatic carbocycles. The Labute approximate surface area is 113 Å². The molecular weight excluding hydrogens is 254 g/mol. The Balaban J connectivity index is 2.06. The van der Waals surface area contributed by atoms with Crippen molar-refractivity contribution in [3.8, 4) is 0 Å². The lowest BCUT2D eigenvalue weighted by Crippen LogP contribution is -2.23. The number of halogens is 1. The first-order chi connectivity index (χ1) is 8.09. The molecule has 1 heterocycles. The normalized spacial score (nSPS) is 13.2. The summed E-state index contributed by atoms with van der Waals surface area (Å²) < 4.78 is 6.40. The summed E-state index contributed by atoms with van der Waals surface area (Å²) >= 11 is 7.48. The van der Waals surface area contributed by atoms with Gasteiger partial charge in [0.05, 0.1) is 10.9 Å². The van der Waals surface area contributed by atoms with E-state index < -0.39 is 0 Å². The third kappa shape index (κ3) is 6.41. The van der Waals surface area contributed by atoms with Crippen molar-refractivity contribution in [2.24, 2.45) is 5.92 Å². The standard InChI is InChI=1S/C13H22ClNOS/c1-10(2)4-6-16-7-5-15-11(3)12-8-13(14)17-9-12/h8-11,15H,4-7H2,1-3H3. The van der Waals surface area contributed by atoms with E-state index in [0.29, 0.717) is 6.04 Å². The first-order valence-electron chi connectivity index (χ1n) is 6.14. The molecule has 98 valence electrons. The van der Waals surface area contributed by atoms with E-state index in [0.717, 1.165) is 36.4 Å². The van der Waals surface area contributed by atoms with E-state index in [-0.39, 0.29) is 0 Å². The van der Waals surface area contributed by atoms with Gasteiger partial charge < -0.3 is 10.1 Å². The largest absolute Gasteiger partial charge is 0.380 e. The van der Waals surface area contributed by atoms with Gasteiger partial charge in [0.1, 0.15) is 0 Å². The summed E-state index contributed by atoms with van der Waals surface area (Å²) in [6.45, 7) is 9.08. The van der Waals surface area contributed by atoms with Crippen LogP contribution >= 0.6 is 22.9 Å². The molecule has 0 amide bonds. The number of hydrogen-bond acceptors (Lipinski definition) is 3. The smallest absolute Gasteiger partial charge is 0.0931 e. The van der Waals surface area contributed by atoms with Crippen LogP contribution in [0.2, 0.25) is 4.34 Å². The Bertz CT molecular complexity index is 314. The Kier molecular flexibility index (Phi) is 7.12. The van der Waals surface area contributed by atoms with Crippen LogP contribution in [-0.2, 0) is 4.74 Å². The molecule has 0 aliphatic heterocycles. The minimum absolute atomic E-state index is 0.340. The fourth-order valence-electron chi connectivity index (χ4n) is 1.44. The maximum absolute atomic E-state index is 5.90. The molecule has 1 aromatic heterocycles. The molecular formula is C13H22ClNOS. The summed E-state index contributed by atoms with van der Waals surface area (Å²) in [5.41, 5.74) is 1.25. The van der Waals surface area contributed by atoms with Gasteiger partial charge in [-0.05, 0) is 36.3 Å². The van der Waals surface area contributed by atoms with E-state index in [1.165, 1.54) is 5.56 Å². The van der Waals surface area contributed by atoms with Crippen molar-refractivity contribution in [1.29, 1.82) is 0 Å². The lowest BCUT2D eigenvalue weighted by atomic mass is 10.1. The third-order valence-corrected chi connectivity index (χ3v) is 3.73. The van der Waals surface area contributed by atoms with Crippen molar-refractivity contribution in [1.82, 2.24) is 5.32 Å². The molecule has 0 fully saturated rings. The Morgan fingerprint density at radius 1 is 1.35 bits per heavy atom. The summed E-state index contributed by atoms with van der Waals surface area (Å²) in [6, 6.07) is 2.36. The van der Waals surface area contributed by atoms with Crippen molar-refractivity contribution in [2.75, 3.05) is 19.8 Å². The average molecular weight is 276 g/mol. The Hall–Kier alpha value is -0.0900. The van der Waals surface area contributed by atoms with Gasteiger partial charge in [-0.3, -0.25) is 0 Å². The third-order valence-electron chi connectivity index (χ3n) is 2.62. The van der Waals surface area contributed by atoms with Gasteiger partial charge in [-0.15, -0.1) is 11.3 Å². The maximum Gasteiger partial charge on any atom is 0.0931 e. The van der Waals surface area contributed by atoms with Crippen LogP contribution in [-0.4, -0.2) is 19.8 Å². The van der Waals surface area contributed by atoms with Crippen LogP contribution in [0.5, 0.6) is 0 Å². The van der Waals surface area contributed by atoms with E-state index in [4.69, 9.17) is 16.3 Å². The summed E-state index contributed by atoms with van der Waals surface area (Å²) in [7, 11) is 0. The van der Waals surface area contributed by atoms with Crippen LogP contribution < -0.4 is 5.32 Å². The van der Waals surface area contributed by atoms with Gasteiger partial charge in [-0.1, -0.05) is 25.4 Å². The highest BCUT2D eigenvalue weighted by atomic mass is 35.5. The minimum Gasteiger partial charge on any atom is -0.380 e. The maximum atomic E-state index is 5.90. The van der Waals surface area contributed by atoms with E-state index >= 15 is 0 Å². The molecule has 1 atom stereocenters. The van der Waals surface area contributed by atoms with Crippen LogP contribution in [0.25, 0.3) is 0 Å². The predicted molar refractivity (Wildman–Crippen MR) is 76.0 cm³/mol. The predicted octanol–water partition coefficient (Wildman–Crippen LogP) is 4.11. The van der Waals surface area contributed by atoms with Gasteiger partial charge in [0, 0.05) is 19.2 Å². The summed E-state index contributed by atoms with van der Waals surface area (Å²) in [5, 5.41) is 5.52. The van der Waals surface area contributed by atoms with Crippen LogP contribution in [0, 0.1) is 5.92 Å². The van der Waals surface area contributed by atoms with E-state index in [9.17, 15) is 0 Å². The van der Waals surface area contributed by atoms with Crippen LogP contribution in [0.3, 0.4) is 0 Å². The molecule has 0 saturated carbocycles. The molecule has 2 nitrogen and oxygen atoms in total. The molecule has 0 aliphatic carbocycles. The number of thiophene rings is 1. The first kappa shape index (κ1) is 15.0. The number of ether oxygens (including phenoxy) is 1. The highest BCUT2D eigenvalue weighted by Crippen LogP contribution is 2.24. The summed E-state index contributed by atoms with van der Waals surface area (Å²) in [4.78, 5) is 0. The minimum atomic E-state index is 0.340. The molecule has 1 aromatic rings. The SMILES string of the molecule is CC(C)CCOCCNC(C)c1csc(Cl)c1. The fourth-order valence-corrected chi connectivity index (χ4v) is 2.42. The molecule has 4 heteroatoms. The quantitative estimate of drug-likeness (QED) is 0.721. The molecule has 0 saturated heterocycles. The summed E-state index contributed by atoms with van der Waals surface area (Å²) in [6.07, 6.45) is 1.13. The summed E-state index contributed by atoms with van der Waals surface area (Å²) in [5.74, 6) is 0.717. The molecule has 0 aliphatic rings. The highest BCUT2D eigenvalue weighted by molar-refractivity contribution is 7.14. The zero-order chi connectivity index (χ0) is 12.7. The Morgan fingerprint density at radius 3 is 2.71 bits per heavy atom. The van der Waals surface area contributed by atoms with E-state index in [1.807, 2.05) is 6.07 Å². The second-order valence-electron chi connectivity index (χ2n) is 4.65. The van der Waals surface area contributed by atoms with E-state index in [1.54, 1.807) is 11.3 Å². The van der Waals surface area contributed by atoms with Gasteiger partial charge in [0.25, 0.3) is 0 Å². The zero-order valence-electron chi connectivity index (χ0n) is 10.8. The van der Waals surface area contributed by atoms with Gasteiger partial charge >= 0.3 is 0 Å². The van der Waals surface area contributed by atoms with Crippen LogP contribution in [0.15, 0.2) is 11.4 Å².